The molecule has 6 heteroatoms. The van der Waals surface area contributed by atoms with Crippen LogP contribution in [0.15, 0.2) is 28.9 Å². The number of rotatable bonds is 5. The number of aryl methyl sites for hydroxylation is 1. The fraction of sp³-hybridized carbons (Fsp3) is 0.400. The lowest BCUT2D eigenvalue weighted by Crippen LogP contribution is -2.21. The fourth-order valence-corrected chi connectivity index (χ4v) is 2.72. The van der Waals surface area contributed by atoms with Crippen LogP contribution in [0.25, 0.3) is 0 Å². The zero-order chi connectivity index (χ0) is 15.6. The van der Waals surface area contributed by atoms with Crippen molar-refractivity contribution in [2.75, 3.05) is 20.6 Å². The highest BCUT2D eigenvalue weighted by atomic mass is 79.9. The lowest BCUT2D eigenvalue weighted by Gasteiger charge is -2.18. The molecule has 1 unspecified atom stereocenters. The van der Waals surface area contributed by atoms with Gasteiger partial charge in [-0.3, -0.25) is 4.68 Å². The molecule has 4 nitrogen and oxygen atoms in total. The van der Waals surface area contributed by atoms with Crippen molar-refractivity contribution in [3.8, 4) is 0 Å². The average molecular weight is 356 g/mol. The van der Waals surface area contributed by atoms with Crippen molar-refractivity contribution in [3.63, 3.8) is 0 Å². The minimum atomic E-state index is -0.843. The molecule has 1 heterocycles. The summed E-state index contributed by atoms with van der Waals surface area (Å²) in [6.07, 6.45) is 0.831. The summed E-state index contributed by atoms with van der Waals surface area (Å²) in [5.41, 5.74) is 2.09. The zero-order valence-electron chi connectivity index (χ0n) is 12.3. The summed E-state index contributed by atoms with van der Waals surface area (Å²) >= 11 is 3.43. The van der Waals surface area contributed by atoms with Crippen molar-refractivity contribution in [2.45, 2.75) is 19.6 Å². The van der Waals surface area contributed by atoms with Crippen LogP contribution in [0, 0.1) is 12.7 Å². The van der Waals surface area contributed by atoms with Crippen molar-refractivity contribution in [1.82, 2.24) is 14.7 Å². The summed E-state index contributed by atoms with van der Waals surface area (Å²) < 4.78 is 15.7. The maximum Gasteiger partial charge on any atom is 0.123 e. The Balaban J connectivity index is 2.34. The molecule has 0 amide bonds. The predicted molar refractivity (Wildman–Crippen MR) is 83.7 cm³/mol. The minimum Gasteiger partial charge on any atom is -0.382 e. The van der Waals surface area contributed by atoms with Gasteiger partial charge in [0.1, 0.15) is 11.9 Å². The van der Waals surface area contributed by atoms with Crippen molar-refractivity contribution >= 4 is 15.9 Å². The number of benzene rings is 1. The molecular formula is C15H19BrFN3O. The highest BCUT2D eigenvalue weighted by Gasteiger charge is 2.21. The molecule has 21 heavy (non-hydrogen) atoms. The molecule has 2 aromatic rings. The Morgan fingerprint density at radius 2 is 2.14 bits per heavy atom. The monoisotopic (exact) mass is 355 g/mol. The third-order valence-electron chi connectivity index (χ3n) is 3.38. The van der Waals surface area contributed by atoms with Crippen LogP contribution in [-0.2, 0) is 6.54 Å². The minimum absolute atomic E-state index is 0.302. The van der Waals surface area contributed by atoms with Gasteiger partial charge in [-0.1, -0.05) is 6.07 Å². The van der Waals surface area contributed by atoms with Gasteiger partial charge in [0, 0.05) is 6.54 Å². The summed E-state index contributed by atoms with van der Waals surface area (Å²) in [7, 11) is 3.97. The first kappa shape index (κ1) is 16.1. The van der Waals surface area contributed by atoms with Crippen LogP contribution in [-0.4, -0.2) is 40.4 Å². The predicted octanol–water partition coefficient (Wildman–Crippen LogP) is 2.74. The molecule has 2 rings (SSSR count). The van der Waals surface area contributed by atoms with Crippen molar-refractivity contribution < 1.29 is 9.50 Å². The maximum absolute atomic E-state index is 13.2. The number of aliphatic hydroxyl groups is 1. The molecule has 0 bridgehead atoms. The van der Waals surface area contributed by atoms with E-state index in [2.05, 4.69) is 25.9 Å². The Labute approximate surface area is 132 Å². The summed E-state index contributed by atoms with van der Waals surface area (Å²) in [5, 5.41) is 14.9. The van der Waals surface area contributed by atoms with E-state index in [4.69, 9.17) is 0 Å². The number of nitrogens with zero attached hydrogens (tertiary/aromatic N) is 3. The molecule has 1 aromatic carbocycles. The topological polar surface area (TPSA) is 41.3 Å². The van der Waals surface area contributed by atoms with Gasteiger partial charge >= 0.3 is 0 Å². The van der Waals surface area contributed by atoms with E-state index >= 15 is 0 Å². The first-order valence-corrected chi connectivity index (χ1v) is 7.49. The van der Waals surface area contributed by atoms with E-state index in [9.17, 15) is 9.50 Å². The van der Waals surface area contributed by atoms with Gasteiger partial charge in [0.25, 0.3) is 0 Å². The zero-order valence-corrected chi connectivity index (χ0v) is 13.9. The average Bonchev–Trinajstić information content (AvgIpc) is 2.77. The second-order valence-electron chi connectivity index (χ2n) is 5.31. The Kier molecular flexibility index (Phi) is 5.13. The lowest BCUT2D eigenvalue weighted by atomic mass is 10.0. The van der Waals surface area contributed by atoms with E-state index < -0.39 is 6.10 Å². The van der Waals surface area contributed by atoms with E-state index in [0.717, 1.165) is 16.6 Å². The molecule has 1 N–H and O–H groups in total. The summed E-state index contributed by atoms with van der Waals surface area (Å²) in [4.78, 5) is 2.05. The highest BCUT2D eigenvalue weighted by molar-refractivity contribution is 9.10. The molecule has 0 radical (unpaired) electrons. The lowest BCUT2D eigenvalue weighted by molar-refractivity contribution is 0.204. The fourth-order valence-electron chi connectivity index (χ4n) is 2.21. The van der Waals surface area contributed by atoms with Crippen LogP contribution in [0.4, 0.5) is 4.39 Å². The van der Waals surface area contributed by atoms with Crippen LogP contribution in [0.1, 0.15) is 22.9 Å². The Hall–Kier alpha value is -1.24. The number of aliphatic hydroxyl groups excluding tert-OH is 1. The molecule has 0 spiro atoms. The molecule has 114 valence electrons. The van der Waals surface area contributed by atoms with Crippen molar-refractivity contribution in [3.05, 3.63) is 51.5 Å². The number of aromatic nitrogens is 2. The van der Waals surface area contributed by atoms with Gasteiger partial charge < -0.3 is 10.0 Å². The molecule has 1 atom stereocenters. The van der Waals surface area contributed by atoms with Gasteiger partial charge in [0.05, 0.1) is 22.9 Å². The van der Waals surface area contributed by atoms with Crippen LogP contribution in [0.5, 0.6) is 0 Å². The molecule has 0 aliphatic carbocycles. The van der Waals surface area contributed by atoms with Gasteiger partial charge in [-0.25, -0.2) is 4.39 Å². The van der Waals surface area contributed by atoms with Crippen molar-refractivity contribution in [1.29, 1.82) is 0 Å². The summed E-state index contributed by atoms with van der Waals surface area (Å²) in [5.74, 6) is -0.302. The van der Waals surface area contributed by atoms with Crippen LogP contribution < -0.4 is 0 Å². The van der Waals surface area contributed by atoms with E-state index in [-0.39, 0.29) is 5.82 Å². The second kappa shape index (κ2) is 6.68. The maximum atomic E-state index is 13.2. The molecular weight excluding hydrogens is 337 g/mol. The van der Waals surface area contributed by atoms with Crippen LogP contribution in [0.2, 0.25) is 0 Å². The molecule has 1 aromatic heterocycles. The Morgan fingerprint density at radius 1 is 1.43 bits per heavy atom. The van der Waals surface area contributed by atoms with Gasteiger partial charge in [0.15, 0.2) is 0 Å². The third kappa shape index (κ3) is 3.70. The molecule has 0 aliphatic heterocycles. The van der Waals surface area contributed by atoms with Gasteiger partial charge in [-0.15, -0.1) is 0 Å². The highest BCUT2D eigenvalue weighted by Crippen LogP contribution is 2.30. The van der Waals surface area contributed by atoms with Crippen LogP contribution in [0.3, 0.4) is 0 Å². The molecule has 0 aliphatic rings. The SMILES string of the molecule is Cc1cc(F)ccc1C(O)c1c(Br)cnn1CCN(C)C. The first-order valence-electron chi connectivity index (χ1n) is 6.70. The summed E-state index contributed by atoms with van der Waals surface area (Å²) in [6, 6.07) is 4.40. The Bertz CT molecular complexity index is 627. The summed E-state index contributed by atoms with van der Waals surface area (Å²) in [6.45, 7) is 3.28. The van der Waals surface area contributed by atoms with E-state index in [1.807, 2.05) is 14.1 Å². The number of likely N-dealkylation sites (N-methyl/N-ethyl adjacent to an activating group) is 1. The van der Waals surface area contributed by atoms with Gasteiger partial charge in [-0.2, -0.15) is 5.10 Å². The normalized spacial score (nSPS) is 12.9. The number of halogens is 2. The second-order valence-corrected chi connectivity index (χ2v) is 6.16. The van der Waals surface area contributed by atoms with Crippen molar-refractivity contribution in [2.24, 2.45) is 0 Å². The smallest absolute Gasteiger partial charge is 0.123 e. The molecule has 0 fully saturated rings. The Morgan fingerprint density at radius 3 is 2.76 bits per heavy atom. The third-order valence-corrected chi connectivity index (χ3v) is 3.99. The van der Waals surface area contributed by atoms with E-state index in [1.54, 1.807) is 23.9 Å². The largest absolute Gasteiger partial charge is 0.382 e. The van der Waals surface area contributed by atoms with Gasteiger partial charge in [-0.05, 0) is 60.2 Å². The first-order chi connectivity index (χ1) is 9.90. The van der Waals surface area contributed by atoms with Crippen LogP contribution >= 0.6 is 15.9 Å². The molecule has 0 saturated heterocycles. The number of hydrogen-bond donors (Lipinski definition) is 1. The number of hydrogen-bond acceptors (Lipinski definition) is 3. The quantitative estimate of drug-likeness (QED) is 0.896. The molecule has 0 saturated carbocycles. The van der Waals surface area contributed by atoms with Gasteiger partial charge in [0.2, 0.25) is 0 Å². The van der Waals surface area contributed by atoms with E-state index in [1.165, 1.54) is 12.1 Å². The standard InChI is InChI=1S/C15H19BrFN3O/c1-10-8-11(17)4-5-12(10)15(21)14-13(16)9-18-20(14)7-6-19(2)3/h4-5,8-9,15,21H,6-7H2,1-3H3. The van der Waals surface area contributed by atoms with E-state index in [0.29, 0.717) is 17.8 Å².